The lowest BCUT2D eigenvalue weighted by atomic mass is 10.4. The van der Waals surface area contributed by atoms with Crippen LogP contribution in [0.5, 0.6) is 0 Å². The largest absolute Gasteiger partial charge is 0.380 e. The SMILES string of the molecule is CCNc1cc(S(=O)(=O)NC(C)COCC)ccn1. The molecule has 0 saturated heterocycles. The summed E-state index contributed by atoms with van der Waals surface area (Å²) in [7, 11) is -3.54. The minimum Gasteiger partial charge on any atom is -0.380 e. The average molecular weight is 287 g/mol. The fourth-order valence-corrected chi connectivity index (χ4v) is 2.76. The maximum absolute atomic E-state index is 12.1. The van der Waals surface area contributed by atoms with E-state index in [-0.39, 0.29) is 10.9 Å². The van der Waals surface area contributed by atoms with Gasteiger partial charge in [-0.1, -0.05) is 0 Å². The van der Waals surface area contributed by atoms with Crippen LogP contribution in [0.15, 0.2) is 23.2 Å². The Morgan fingerprint density at radius 2 is 2.16 bits per heavy atom. The van der Waals surface area contributed by atoms with Crippen LogP contribution in [0.25, 0.3) is 0 Å². The van der Waals surface area contributed by atoms with Crippen molar-refractivity contribution in [1.29, 1.82) is 0 Å². The minimum atomic E-state index is -3.54. The first-order valence-electron chi connectivity index (χ1n) is 6.29. The van der Waals surface area contributed by atoms with Crippen molar-refractivity contribution in [3.05, 3.63) is 18.3 Å². The molecule has 1 aromatic heterocycles. The van der Waals surface area contributed by atoms with Crippen LogP contribution in [-0.2, 0) is 14.8 Å². The van der Waals surface area contributed by atoms with Crippen molar-refractivity contribution in [2.45, 2.75) is 31.7 Å². The second kappa shape index (κ2) is 7.42. The van der Waals surface area contributed by atoms with Gasteiger partial charge in [-0.05, 0) is 26.8 Å². The summed E-state index contributed by atoms with van der Waals surface area (Å²) in [6, 6.07) is 2.70. The summed E-state index contributed by atoms with van der Waals surface area (Å²) >= 11 is 0. The zero-order chi connectivity index (χ0) is 14.3. The summed E-state index contributed by atoms with van der Waals surface area (Å²) in [5.74, 6) is 0.544. The number of pyridine rings is 1. The Kier molecular flexibility index (Phi) is 6.20. The number of anilines is 1. The molecule has 1 unspecified atom stereocenters. The van der Waals surface area contributed by atoms with Gasteiger partial charge in [0.1, 0.15) is 5.82 Å². The van der Waals surface area contributed by atoms with Crippen LogP contribution in [0, 0.1) is 0 Å². The number of sulfonamides is 1. The molecule has 2 N–H and O–H groups in total. The number of aromatic nitrogens is 1. The van der Waals surface area contributed by atoms with Crippen molar-refractivity contribution in [1.82, 2.24) is 9.71 Å². The molecular weight excluding hydrogens is 266 g/mol. The predicted octanol–water partition coefficient (Wildman–Crippen LogP) is 1.22. The Morgan fingerprint density at radius 1 is 1.42 bits per heavy atom. The summed E-state index contributed by atoms with van der Waals surface area (Å²) in [6.45, 7) is 7.15. The standard InChI is InChI=1S/C12H21N3O3S/c1-4-13-12-8-11(6-7-14-12)19(16,17)15-10(3)9-18-5-2/h6-8,10,15H,4-5,9H2,1-3H3,(H,13,14). The zero-order valence-corrected chi connectivity index (χ0v) is 12.3. The van der Waals surface area contributed by atoms with E-state index in [2.05, 4.69) is 15.0 Å². The molecule has 0 aliphatic rings. The molecule has 1 rings (SSSR count). The van der Waals surface area contributed by atoms with Gasteiger partial charge in [0, 0.05) is 31.5 Å². The van der Waals surface area contributed by atoms with Crippen molar-refractivity contribution in [3.8, 4) is 0 Å². The minimum absolute atomic E-state index is 0.196. The third-order valence-corrected chi connectivity index (χ3v) is 3.92. The first-order valence-corrected chi connectivity index (χ1v) is 7.78. The van der Waals surface area contributed by atoms with Gasteiger partial charge in [-0.3, -0.25) is 0 Å². The molecule has 108 valence electrons. The third kappa shape index (κ3) is 5.14. The van der Waals surface area contributed by atoms with Crippen LogP contribution in [0.3, 0.4) is 0 Å². The van der Waals surface area contributed by atoms with E-state index in [0.29, 0.717) is 25.6 Å². The van der Waals surface area contributed by atoms with Gasteiger partial charge in [-0.15, -0.1) is 0 Å². The Hall–Kier alpha value is -1.18. The molecule has 1 aromatic rings. The van der Waals surface area contributed by atoms with E-state index in [1.807, 2.05) is 13.8 Å². The second-order valence-corrected chi connectivity index (χ2v) is 5.80. The van der Waals surface area contributed by atoms with Gasteiger partial charge in [0.25, 0.3) is 0 Å². The fraction of sp³-hybridized carbons (Fsp3) is 0.583. The molecule has 0 radical (unpaired) electrons. The van der Waals surface area contributed by atoms with Gasteiger partial charge in [0.15, 0.2) is 0 Å². The molecule has 0 fully saturated rings. The molecule has 6 nitrogen and oxygen atoms in total. The molecule has 0 amide bonds. The molecule has 0 aliphatic heterocycles. The molecule has 0 aliphatic carbocycles. The smallest absolute Gasteiger partial charge is 0.241 e. The summed E-state index contributed by atoms with van der Waals surface area (Å²) in [4.78, 5) is 4.24. The highest BCUT2D eigenvalue weighted by Crippen LogP contribution is 2.12. The monoisotopic (exact) mass is 287 g/mol. The van der Waals surface area contributed by atoms with E-state index in [1.165, 1.54) is 18.3 Å². The molecule has 1 atom stereocenters. The quantitative estimate of drug-likeness (QED) is 0.751. The Balaban J connectivity index is 2.79. The van der Waals surface area contributed by atoms with Crippen LogP contribution < -0.4 is 10.0 Å². The van der Waals surface area contributed by atoms with Crippen LogP contribution in [0.2, 0.25) is 0 Å². The van der Waals surface area contributed by atoms with Crippen molar-refractivity contribution >= 4 is 15.8 Å². The van der Waals surface area contributed by atoms with E-state index >= 15 is 0 Å². The first-order chi connectivity index (χ1) is 8.99. The van der Waals surface area contributed by atoms with Crippen LogP contribution in [0.1, 0.15) is 20.8 Å². The number of hydrogen-bond acceptors (Lipinski definition) is 5. The van der Waals surface area contributed by atoms with E-state index in [1.54, 1.807) is 6.92 Å². The molecule has 0 aromatic carbocycles. The molecular formula is C12H21N3O3S. The lowest BCUT2D eigenvalue weighted by molar-refractivity contribution is 0.133. The lowest BCUT2D eigenvalue weighted by Gasteiger charge is -2.14. The maximum Gasteiger partial charge on any atom is 0.241 e. The molecule has 7 heteroatoms. The summed E-state index contributed by atoms with van der Waals surface area (Å²) in [5, 5.41) is 2.98. The van der Waals surface area contributed by atoms with Crippen molar-refractivity contribution < 1.29 is 13.2 Å². The number of hydrogen-bond donors (Lipinski definition) is 2. The molecule has 1 heterocycles. The highest BCUT2D eigenvalue weighted by atomic mass is 32.2. The Morgan fingerprint density at radius 3 is 2.79 bits per heavy atom. The number of nitrogens with zero attached hydrogens (tertiary/aromatic N) is 1. The van der Waals surface area contributed by atoms with E-state index in [0.717, 1.165) is 0 Å². The first kappa shape index (κ1) is 15.9. The van der Waals surface area contributed by atoms with Gasteiger partial charge in [-0.2, -0.15) is 0 Å². The average Bonchev–Trinajstić information content (AvgIpc) is 2.36. The van der Waals surface area contributed by atoms with Crippen molar-refractivity contribution in [2.75, 3.05) is 25.1 Å². The number of nitrogens with one attached hydrogen (secondary N) is 2. The molecule has 0 saturated carbocycles. The van der Waals surface area contributed by atoms with Gasteiger partial charge in [0.2, 0.25) is 10.0 Å². The summed E-state index contributed by atoms with van der Waals surface area (Å²) in [6.07, 6.45) is 1.47. The molecule has 19 heavy (non-hydrogen) atoms. The number of ether oxygens (including phenoxy) is 1. The molecule has 0 spiro atoms. The summed E-state index contributed by atoms with van der Waals surface area (Å²) < 4.78 is 32.0. The Bertz CT molecular complexity index is 491. The maximum atomic E-state index is 12.1. The fourth-order valence-electron chi connectivity index (χ4n) is 1.52. The zero-order valence-electron chi connectivity index (χ0n) is 11.5. The third-order valence-electron chi connectivity index (χ3n) is 2.33. The topological polar surface area (TPSA) is 80.3 Å². The van der Waals surface area contributed by atoms with Crippen LogP contribution >= 0.6 is 0 Å². The van der Waals surface area contributed by atoms with Crippen molar-refractivity contribution in [3.63, 3.8) is 0 Å². The summed E-state index contributed by atoms with van der Waals surface area (Å²) in [5.41, 5.74) is 0. The van der Waals surface area contributed by atoms with Crippen LogP contribution in [0.4, 0.5) is 5.82 Å². The van der Waals surface area contributed by atoms with Gasteiger partial charge in [0.05, 0.1) is 11.5 Å². The lowest BCUT2D eigenvalue weighted by Crippen LogP contribution is -2.35. The number of rotatable bonds is 8. The van der Waals surface area contributed by atoms with Crippen LogP contribution in [-0.4, -0.2) is 39.2 Å². The normalized spacial score (nSPS) is 13.2. The predicted molar refractivity (Wildman–Crippen MR) is 74.7 cm³/mol. The highest BCUT2D eigenvalue weighted by Gasteiger charge is 2.17. The van der Waals surface area contributed by atoms with E-state index in [9.17, 15) is 8.42 Å². The van der Waals surface area contributed by atoms with Crippen molar-refractivity contribution in [2.24, 2.45) is 0 Å². The Labute approximate surface area is 114 Å². The second-order valence-electron chi connectivity index (χ2n) is 4.09. The van der Waals surface area contributed by atoms with E-state index < -0.39 is 10.0 Å². The molecule has 0 bridgehead atoms. The van der Waals surface area contributed by atoms with Gasteiger partial charge in [-0.25, -0.2) is 18.1 Å². The highest BCUT2D eigenvalue weighted by molar-refractivity contribution is 7.89. The van der Waals surface area contributed by atoms with E-state index in [4.69, 9.17) is 4.74 Å². The van der Waals surface area contributed by atoms with Gasteiger partial charge < -0.3 is 10.1 Å². The van der Waals surface area contributed by atoms with Gasteiger partial charge >= 0.3 is 0 Å².